The van der Waals surface area contributed by atoms with Crippen molar-refractivity contribution in [1.29, 1.82) is 0 Å². The highest BCUT2D eigenvalue weighted by Crippen LogP contribution is 2.38. The summed E-state index contributed by atoms with van der Waals surface area (Å²) in [4.78, 5) is 0.381. The van der Waals surface area contributed by atoms with E-state index in [0.29, 0.717) is 25.6 Å². The normalized spacial score (nSPS) is 28.1. The van der Waals surface area contributed by atoms with Gasteiger partial charge in [-0.25, -0.2) is 16.8 Å². The van der Waals surface area contributed by atoms with Gasteiger partial charge in [0, 0.05) is 25.7 Å². The van der Waals surface area contributed by atoms with Gasteiger partial charge in [0.05, 0.1) is 9.79 Å². The minimum absolute atomic E-state index is 0.102. The van der Waals surface area contributed by atoms with Crippen molar-refractivity contribution in [2.45, 2.75) is 67.2 Å². The Morgan fingerprint density at radius 1 is 0.667 bits per heavy atom. The maximum Gasteiger partial charge on any atom is 0.243 e. The second-order valence-corrected chi connectivity index (χ2v) is 11.8. The molecule has 1 saturated carbocycles. The zero-order chi connectivity index (χ0) is 19.1. The van der Waals surface area contributed by atoms with Crippen molar-refractivity contribution in [3.8, 4) is 0 Å². The first kappa shape index (κ1) is 19.4. The molecule has 27 heavy (non-hydrogen) atoms. The molecule has 8 heteroatoms. The Morgan fingerprint density at radius 3 is 1.89 bits per heavy atom. The molecule has 3 aliphatic rings. The predicted octanol–water partition coefficient (Wildman–Crippen LogP) is 2.81. The van der Waals surface area contributed by atoms with E-state index in [1.165, 1.54) is 35.0 Å². The fraction of sp³-hybridized carbons (Fsp3) is 0.684. The molecule has 150 valence electrons. The van der Waals surface area contributed by atoms with E-state index in [0.717, 1.165) is 44.9 Å². The van der Waals surface area contributed by atoms with Gasteiger partial charge >= 0.3 is 0 Å². The number of rotatable bonds is 4. The standard InChI is InChI=1S/C19H28N2O4S2/c22-26(23,20-13-3-4-14-20)17-9-11-18(12-10-17)27(24,25)21-15-5-7-16-6-1-2-8-19(16)21/h9-12,16,19H,1-8,13-15H2. The molecule has 2 unspecified atom stereocenters. The van der Waals surface area contributed by atoms with Crippen LogP contribution in [-0.2, 0) is 20.0 Å². The molecule has 0 radical (unpaired) electrons. The molecule has 0 amide bonds. The number of fused-ring (bicyclic) bond motifs is 1. The Morgan fingerprint density at radius 2 is 1.22 bits per heavy atom. The molecule has 1 aliphatic carbocycles. The van der Waals surface area contributed by atoms with Crippen molar-refractivity contribution in [1.82, 2.24) is 8.61 Å². The van der Waals surface area contributed by atoms with Crippen LogP contribution in [-0.4, -0.2) is 51.1 Å². The van der Waals surface area contributed by atoms with Crippen LogP contribution >= 0.6 is 0 Å². The van der Waals surface area contributed by atoms with E-state index < -0.39 is 20.0 Å². The molecular weight excluding hydrogens is 384 g/mol. The first-order valence-electron chi connectivity index (χ1n) is 10.0. The summed E-state index contributed by atoms with van der Waals surface area (Å²) in [7, 11) is -7.11. The van der Waals surface area contributed by atoms with E-state index >= 15 is 0 Å². The SMILES string of the molecule is O=S(=O)(c1ccc(S(=O)(=O)N2CCCC3CCCCC32)cc1)N1CCCC1. The average Bonchev–Trinajstić information content (AvgIpc) is 3.23. The van der Waals surface area contributed by atoms with Gasteiger partial charge < -0.3 is 0 Å². The van der Waals surface area contributed by atoms with E-state index in [-0.39, 0.29) is 15.8 Å². The van der Waals surface area contributed by atoms with Gasteiger partial charge in [0.1, 0.15) is 0 Å². The minimum Gasteiger partial charge on any atom is -0.207 e. The molecule has 2 atom stereocenters. The van der Waals surface area contributed by atoms with E-state index in [2.05, 4.69) is 0 Å². The number of hydrogen-bond acceptors (Lipinski definition) is 4. The highest BCUT2D eigenvalue weighted by Gasteiger charge is 2.40. The fourth-order valence-corrected chi connectivity index (χ4v) is 8.15. The Labute approximate surface area is 162 Å². The summed E-state index contributed by atoms with van der Waals surface area (Å²) in [5.74, 6) is 0.470. The summed E-state index contributed by atoms with van der Waals surface area (Å²) in [5.41, 5.74) is 0. The van der Waals surface area contributed by atoms with Crippen molar-refractivity contribution >= 4 is 20.0 Å². The lowest BCUT2D eigenvalue weighted by Crippen LogP contribution is -2.49. The van der Waals surface area contributed by atoms with Gasteiger partial charge in [-0.2, -0.15) is 8.61 Å². The van der Waals surface area contributed by atoms with Crippen LogP contribution in [0, 0.1) is 5.92 Å². The van der Waals surface area contributed by atoms with Crippen LogP contribution in [0.2, 0.25) is 0 Å². The second-order valence-electron chi connectivity index (χ2n) is 7.95. The zero-order valence-corrected chi connectivity index (χ0v) is 17.2. The Kier molecular flexibility index (Phi) is 5.35. The molecule has 0 aromatic heterocycles. The monoisotopic (exact) mass is 412 g/mol. The lowest BCUT2D eigenvalue weighted by molar-refractivity contribution is 0.129. The number of hydrogen-bond donors (Lipinski definition) is 0. The lowest BCUT2D eigenvalue weighted by atomic mass is 9.79. The number of sulfonamides is 2. The molecule has 0 bridgehead atoms. The quantitative estimate of drug-likeness (QED) is 0.762. The summed E-state index contributed by atoms with van der Waals surface area (Å²) < 4.78 is 54.9. The number of benzene rings is 1. The molecule has 1 aromatic carbocycles. The van der Waals surface area contributed by atoms with Crippen LogP contribution in [0.4, 0.5) is 0 Å². The highest BCUT2D eigenvalue weighted by atomic mass is 32.2. The zero-order valence-electron chi connectivity index (χ0n) is 15.6. The maximum absolute atomic E-state index is 13.2. The number of nitrogens with zero attached hydrogens (tertiary/aromatic N) is 2. The lowest BCUT2D eigenvalue weighted by Gasteiger charge is -2.43. The molecule has 2 heterocycles. The Hall–Kier alpha value is -0.960. The van der Waals surface area contributed by atoms with Crippen molar-refractivity contribution in [2.75, 3.05) is 19.6 Å². The molecule has 2 saturated heterocycles. The molecule has 4 rings (SSSR count). The third-order valence-electron chi connectivity index (χ3n) is 6.33. The fourth-order valence-electron chi connectivity index (χ4n) is 4.87. The molecular formula is C19H28N2O4S2. The highest BCUT2D eigenvalue weighted by molar-refractivity contribution is 7.89. The topological polar surface area (TPSA) is 74.8 Å². The average molecular weight is 413 g/mol. The van der Waals surface area contributed by atoms with Crippen LogP contribution < -0.4 is 0 Å². The molecule has 2 aliphatic heterocycles. The van der Waals surface area contributed by atoms with E-state index in [1.807, 2.05) is 0 Å². The van der Waals surface area contributed by atoms with Crippen molar-refractivity contribution < 1.29 is 16.8 Å². The van der Waals surface area contributed by atoms with Crippen LogP contribution in [0.1, 0.15) is 51.4 Å². The van der Waals surface area contributed by atoms with Crippen LogP contribution in [0.15, 0.2) is 34.1 Å². The van der Waals surface area contributed by atoms with Crippen LogP contribution in [0.5, 0.6) is 0 Å². The van der Waals surface area contributed by atoms with Gasteiger partial charge in [-0.05, 0) is 68.7 Å². The second kappa shape index (κ2) is 7.46. The summed E-state index contributed by atoms with van der Waals surface area (Å²) in [6.45, 7) is 1.65. The largest absolute Gasteiger partial charge is 0.243 e. The van der Waals surface area contributed by atoms with Gasteiger partial charge in [-0.15, -0.1) is 0 Å². The van der Waals surface area contributed by atoms with Crippen molar-refractivity contribution in [3.63, 3.8) is 0 Å². The van der Waals surface area contributed by atoms with Gasteiger partial charge in [0.15, 0.2) is 0 Å². The molecule has 0 N–H and O–H groups in total. The summed E-state index contributed by atoms with van der Waals surface area (Å²) >= 11 is 0. The predicted molar refractivity (Wildman–Crippen MR) is 103 cm³/mol. The van der Waals surface area contributed by atoms with Crippen LogP contribution in [0.3, 0.4) is 0 Å². The summed E-state index contributed by atoms with van der Waals surface area (Å²) in [5, 5.41) is 0. The van der Waals surface area contributed by atoms with Gasteiger partial charge in [0.2, 0.25) is 20.0 Å². The van der Waals surface area contributed by atoms with Crippen LogP contribution in [0.25, 0.3) is 0 Å². The molecule has 3 fully saturated rings. The molecule has 1 aromatic rings. The van der Waals surface area contributed by atoms with Gasteiger partial charge in [-0.1, -0.05) is 12.8 Å². The third kappa shape index (κ3) is 3.57. The van der Waals surface area contributed by atoms with Crippen molar-refractivity contribution in [3.05, 3.63) is 24.3 Å². The summed E-state index contributed by atoms with van der Waals surface area (Å²) in [6, 6.07) is 5.92. The molecule has 0 spiro atoms. The van der Waals surface area contributed by atoms with Gasteiger partial charge in [0.25, 0.3) is 0 Å². The minimum atomic E-state index is -3.59. The van der Waals surface area contributed by atoms with E-state index in [9.17, 15) is 16.8 Å². The van der Waals surface area contributed by atoms with Gasteiger partial charge in [-0.3, -0.25) is 0 Å². The van der Waals surface area contributed by atoms with E-state index in [4.69, 9.17) is 0 Å². The smallest absolute Gasteiger partial charge is 0.207 e. The Balaban J connectivity index is 1.59. The first-order valence-corrected chi connectivity index (χ1v) is 12.9. The van der Waals surface area contributed by atoms with Crippen molar-refractivity contribution in [2.24, 2.45) is 5.92 Å². The third-order valence-corrected chi connectivity index (χ3v) is 10.2. The first-order chi connectivity index (χ1) is 12.9. The maximum atomic E-state index is 13.2. The van der Waals surface area contributed by atoms with E-state index in [1.54, 1.807) is 4.31 Å². The Bertz CT molecular complexity index is 873. The molecule has 6 nitrogen and oxygen atoms in total. The number of piperidine rings is 1. The summed E-state index contributed by atoms with van der Waals surface area (Å²) in [6.07, 6.45) is 8.10.